The Morgan fingerprint density at radius 2 is 1.65 bits per heavy atom. The zero-order chi connectivity index (χ0) is 35.6. The smallest absolute Gasteiger partial charge is 0.317 e. The number of piperidine rings is 1. The number of nitrogens with one attached hydrogen (secondary N) is 3. The Labute approximate surface area is 306 Å². The van der Waals surface area contributed by atoms with Crippen LogP contribution in [0.15, 0.2) is 97.5 Å². The van der Waals surface area contributed by atoms with Crippen LogP contribution in [0.3, 0.4) is 0 Å². The molecule has 0 spiro atoms. The summed E-state index contributed by atoms with van der Waals surface area (Å²) in [5.41, 5.74) is 5.88. The fourth-order valence-electron chi connectivity index (χ4n) is 6.67. The molecule has 4 heterocycles. The van der Waals surface area contributed by atoms with Gasteiger partial charge in [0, 0.05) is 71.5 Å². The molecule has 0 aliphatic carbocycles. The third-order valence-corrected chi connectivity index (χ3v) is 9.89. The van der Waals surface area contributed by atoms with Gasteiger partial charge in [0.15, 0.2) is 5.82 Å². The number of nitrogens with zero attached hydrogens (tertiary/aromatic N) is 5. The molecule has 7 rings (SSSR count). The number of imidazole rings is 1. The zero-order valence-electron chi connectivity index (χ0n) is 28.5. The van der Waals surface area contributed by atoms with Crippen molar-refractivity contribution in [1.82, 2.24) is 29.7 Å². The number of aromatic nitrogens is 4. The summed E-state index contributed by atoms with van der Waals surface area (Å²) in [6, 6.07) is 26.8. The largest absolute Gasteiger partial charge is 0.355 e. The number of halogens is 2. The number of anilines is 2. The number of fused-ring (bicyclic) bond motifs is 1. The Morgan fingerprint density at radius 1 is 0.922 bits per heavy atom. The van der Waals surface area contributed by atoms with E-state index in [1.54, 1.807) is 25.2 Å². The van der Waals surface area contributed by atoms with Crippen molar-refractivity contribution >= 4 is 57.5 Å². The average Bonchev–Trinajstić information content (AvgIpc) is 3.74. The summed E-state index contributed by atoms with van der Waals surface area (Å²) in [4.78, 5) is 43.5. The molecule has 1 unspecified atom stereocenters. The molecule has 12 heteroatoms. The van der Waals surface area contributed by atoms with Crippen LogP contribution in [0, 0.1) is 0 Å². The van der Waals surface area contributed by atoms with E-state index in [4.69, 9.17) is 28.2 Å². The lowest BCUT2D eigenvalue weighted by Gasteiger charge is -2.34. The van der Waals surface area contributed by atoms with Gasteiger partial charge in [0.05, 0.1) is 29.4 Å². The maximum atomic E-state index is 14.6. The van der Waals surface area contributed by atoms with Crippen molar-refractivity contribution in [2.45, 2.75) is 31.8 Å². The van der Waals surface area contributed by atoms with Gasteiger partial charge in [-0.3, -0.25) is 4.79 Å². The van der Waals surface area contributed by atoms with E-state index in [2.05, 4.69) is 37.0 Å². The molecular weight excluding hydrogens is 683 g/mol. The van der Waals surface area contributed by atoms with Crippen LogP contribution >= 0.6 is 23.2 Å². The predicted octanol–water partition coefficient (Wildman–Crippen LogP) is 8.50. The molecule has 3 aromatic carbocycles. The molecule has 0 radical (unpaired) electrons. The van der Waals surface area contributed by atoms with Crippen molar-refractivity contribution in [1.29, 1.82) is 0 Å². The number of aromatic amines is 1. The van der Waals surface area contributed by atoms with Crippen LogP contribution in [0.4, 0.5) is 16.3 Å². The lowest BCUT2D eigenvalue weighted by molar-refractivity contribution is 0.102. The molecule has 3 amide bonds. The Bertz CT molecular complexity index is 2190. The van der Waals surface area contributed by atoms with E-state index in [0.717, 1.165) is 46.3 Å². The molecule has 1 aliphatic heterocycles. The summed E-state index contributed by atoms with van der Waals surface area (Å²) in [5.74, 6) is 0.348. The maximum absolute atomic E-state index is 14.6. The number of carbonyl (C=O) groups excluding carboxylic acids is 2. The van der Waals surface area contributed by atoms with Crippen LogP contribution in [0.2, 0.25) is 10.0 Å². The van der Waals surface area contributed by atoms with Gasteiger partial charge in [0.2, 0.25) is 0 Å². The van der Waals surface area contributed by atoms with Gasteiger partial charge in [0.25, 0.3) is 5.91 Å². The zero-order valence-corrected chi connectivity index (χ0v) is 30.0. The number of carbonyl (C=O) groups is 2. The Morgan fingerprint density at radius 3 is 2.37 bits per heavy atom. The molecule has 0 bridgehead atoms. The number of benzene rings is 3. The van der Waals surface area contributed by atoms with Crippen LogP contribution < -0.4 is 15.5 Å². The molecule has 3 aromatic heterocycles. The summed E-state index contributed by atoms with van der Waals surface area (Å²) in [7, 11) is 3.47. The summed E-state index contributed by atoms with van der Waals surface area (Å²) < 4.78 is 2.11. The lowest BCUT2D eigenvalue weighted by atomic mass is 9.99. The molecule has 1 saturated heterocycles. The molecule has 10 nitrogen and oxygen atoms in total. The molecule has 1 aliphatic rings. The lowest BCUT2D eigenvalue weighted by Crippen LogP contribution is -2.47. The van der Waals surface area contributed by atoms with Crippen molar-refractivity contribution in [2.75, 3.05) is 37.4 Å². The van der Waals surface area contributed by atoms with E-state index in [-0.39, 0.29) is 24.0 Å². The number of pyridine rings is 1. The van der Waals surface area contributed by atoms with E-state index in [1.165, 1.54) is 0 Å². The number of urea groups is 1. The minimum absolute atomic E-state index is 0.0672. The molecule has 6 aromatic rings. The Balaban J connectivity index is 1.29. The van der Waals surface area contributed by atoms with E-state index in [9.17, 15) is 9.59 Å². The van der Waals surface area contributed by atoms with Crippen LogP contribution in [-0.2, 0) is 0 Å². The molecule has 260 valence electrons. The van der Waals surface area contributed by atoms with Crippen molar-refractivity contribution < 1.29 is 9.59 Å². The molecule has 0 saturated carbocycles. The van der Waals surface area contributed by atoms with Gasteiger partial charge in [-0.1, -0.05) is 71.7 Å². The first-order chi connectivity index (χ1) is 24.7. The van der Waals surface area contributed by atoms with Gasteiger partial charge in [-0.15, -0.1) is 0 Å². The average molecular weight is 722 g/mol. The fraction of sp³-hybridized carbons (Fsp3) is 0.231. The standard InChI is InChI=1S/C39H38Cl2N8O2/c1-24(25-11-13-27(40)14-12-25)49-23-43-34(26-8-5-4-6-9-26)36(49)33-30-16-15-28(41)22-32(30)45-35(33)38(50)46-31-10-7-19-42-37(31)48-20-17-29(18-21-48)44-39(51)47(2)3/h4-16,19,22-24,29,45H,17-18,20-21H2,1-3H3,(H,44,51)(H,46,50). The van der Waals surface area contributed by atoms with Crippen LogP contribution in [0.1, 0.15) is 41.9 Å². The van der Waals surface area contributed by atoms with Gasteiger partial charge in [-0.2, -0.15) is 0 Å². The quantitative estimate of drug-likeness (QED) is 0.146. The first-order valence-corrected chi connectivity index (χ1v) is 17.6. The first-order valence-electron chi connectivity index (χ1n) is 16.9. The minimum Gasteiger partial charge on any atom is -0.355 e. The van der Waals surface area contributed by atoms with E-state index in [0.29, 0.717) is 45.9 Å². The summed E-state index contributed by atoms with van der Waals surface area (Å²) in [6.45, 7) is 3.46. The normalized spacial score (nSPS) is 14.0. The summed E-state index contributed by atoms with van der Waals surface area (Å²) >= 11 is 12.7. The monoisotopic (exact) mass is 720 g/mol. The first kappa shape index (κ1) is 34.1. The summed E-state index contributed by atoms with van der Waals surface area (Å²) in [5, 5.41) is 8.30. The summed E-state index contributed by atoms with van der Waals surface area (Å²) in [6.07, 6.45) is 5.07. The highest BCUT2D eigenvalue weighted by molar-refractivity contribution is 6.31. The van der Waals surface area contributed by atoms with Gasteiger partial charge >= 0.3 is 6.03 Å². The predicted molar refractivity (Wildman–Crippen MR) is 205 cm³/mol. The Kier molecular flexibility index (Phi) is 9.71. The number of rotatable bonds is 8. The van der Waals surface area contributed by atoms with Crippen LogP contribution in [-0.4, -0.2) is 69.6 Å². The maximum Gasteiger partial charge on any atom is 0.317 e. The SMILES string of the molecule is CC(c1ccc(Cl)cc1)n1cnc(-c2ccccc2)c1-c1c(C(=O)Nc2cccnc2N2CCC(NC(=O)N(C)C)CC2)[nH]c2cc(Cl)ccc12. The van der Waals surface area contributed by atoms with Gasteiger partial charge in [0.1, 0.15) is 5.69 Å². The molecule has 3 N–H and O–H groups in total. The van der Waals surface area contributed by atoms with Crippen LogP contribution in [0.25, 0.3) is 33.4 Å². The molecular formula is C39H38Cl2N8O2. The second-order valence-corrected chi connectivity index (χ2v) is 13.8. The van der Waals surface area contributed by atoms with Crippen molar-refractivity contribution in [3.8, 4) is 22.5 Å². The third kappa shape index (κ3) is 7.02. The molecule has 51 heavy (non-hydrogen) atoms. The van der Waals surface area contributed by atoms with E-state index in [1.807, 2.05) is 91.3 Å². The highest BCUT2D eigenvalue weighted by atomic mass is 35.5. The highest BCUT2D eigenvalue weighted by Crippen LogP contribution is 2.42. The van der Waals surface area contributed by atoms with Crippen molar-refractivity contribution in [3.05, 3.63) is 119 Å². The second kappa shape index (κ2) is 14.5. The van der Waals surface area contributed by atoms with E-state index < -0.39 is 0 Å². The highest BCUT2D eigenvalue weighted by Gasteiger charge is 2.29. The Hall–Kier alpha value is -5.32. The van der Waals surface area contributed by atoms with Gasteiger partial charge in [-0.05, 0) is 61.7 Å². The number of amides is 3. The van der Waals surface area contributed by atoms with Gasteiger partial charge in [-0.25, -0.2) is 14.8 Å². The fourth-order valence-corrected chi connectivity index (χ4v) is 6.97. The minimum atomic E-state index is -0.328. The van der Waals surface area contributed by atoms with Crippen molar-refractivity contribution in [2.24, 2.45) is 0 Å². The topological polar surface area (TPSA) is 111 Å². The third-order valence-electron chi connectivity index (χ3n) is 9.40. The molecule has 1 atom stereocenters. The second-order valence-electron chi connectivity index (χ2n) is 12.9. The number of H-pyrrole nitrogens is 1. The number of hydrogen-bond acceptors (Lipinski definition) is 5. The van der Waals surface area contributed by atoms with Gasteiger partial charge < -0.3 is 30.0 Å². The van der Waals surface area contributed by atoms with E-state index >= 15 is 0 Å². The van der Waals surface area contributed by atoms with Crippen LogP contribution in [0.5, 0.6) is 0 Å². The van der Waals surface area contributed by atoms with Crippen molar-refractivity contribution in [3.63, 3.8) is 0 Å². The molecule has 1 fully saturated rings. The number of hydrogen-bond donors (Lipinski definition) is 3.